The van der Waals surface area contributed by atoms with Crippen LogP contribution in [0.1, 0.15) is 18.1 Å². The standard InChI is InChI=1S/C15H17NO5S/c1-11-10-14(21-15(11)17)12-2-4-13(5-3-12)22(18,19)16-6-8-20-9-7-16/h2-5,14H,1,6-10H2/t14-/m1/s1. The number of hydrogen-bond acceptors (Lipinski definition) is 5. The summed E-state index contributed by atoms with van der Waals surface area (Å²) in [6, 6.07) is 6.47. The number of ether oxygens (including phenoxy) is 2. The maximum Gasteiger partial charge on any atom is 0.334 e. The molecule has 7 heteroatoms. The van der Waals surface area contributed by atoms with Gasteiger partial charge < -0.3 is 9.47 Å². The molecule has 1 aromatic carbocycles. The highest BCUT2D eigenvalue weighted by atomic mass is 32.2. The lowest BCUT2D eigenvalue weighted by atomic mass is 10.1. The van der Waals surface area contributed by atoms with Crippen LogP contribution in [0, 0.1) is 0 Å². The van der Waals surface area contributed by atoms with Gasteiger partial charge in [-0.2, -0.15) is 4.31 Å². The number of carbonyl (C=O) groups excluding carboxylic acids is 1. The Hall–Kier alpha value is -1.70. The summed E-state index contributed by atoms with van der Waals surface area (Å²) >= 11 is 0. The van der Waals surface area contributed by atoms with E-state index in [0.29, 0.717) is 38.3 Å². The van der Waals surface area contributed by atoms with Crippen LogP contribution in [-0.4, -0.2) is 45.0 Å². The van der Waals surface area contributed by atoms with Gasteiger partial charge in [-0.05, 0) is 17.7 Å². The Labute approximate surface area is 129 Å². The van der Waals surface area contributed by atoms with Crippen LogP contribution in [0.5, 0.6) is 0 Å². The Bertz CT molecular complexity index is 673. The molecule has 0 aliphatic carbocycles. The summed E-state index contributed by atoms with van der Waals surface area (Å²) in [5.41, 5.74) is 1.21. The molecule has 0 aromatic heterocycles. The van der Waals surface area contributed by atoms with E-state index >= 15 is 0 Å². The highest BCUT2D eigenvalue weighted by Gasteiger charge is 2.30. The number of sulfonamides is 1. The van der Waals surface area contributed by atoms with Gasteiger partial charge in [-0.1, -0.05) is 18.7 Å². The van der Waals surface area contributed by atoms with Crippen molar-refractivity contribution >= 4 is 16.0 Å². The lowest BCUT2D eigenvalue weighted by Gasteiger charge is -2.26. The Morgan fingerprint density at radius 2 is 1.77 bits per heavy atom. The number of rotatable bonds is 3. The fourth-order valence-electron chi connectivity index (χ4n) is 2.54. The van der Waals surface area contributed by atoms with Crippen molar-refractivity contribution in [1.82, 2.24) is 4.31 Å². The van der Waals surface area contributed by atoms with E-state index in [9.17, 15) is 13.2 Å². The third kappa shape index (κ3) is 2.79. The molecule has 0 bridgehead atoms. The van der Waals surface area contributed by atoms with Crippen LogP contribution in [-0.2, 0) is 24.3 Å². The number of carbonyl (C=O) groups is 1. The number of nitrogens with zero attached hydrogens (tertiary/aromatic N) is 1. The lowest BCUT2D eigenvalue weighted by molar-refractivity contribution is -0.139. The molecule has 0 spiro atoms. The largest absolute Gasteiger partial charge is 0.454 e. The maximum absolute atomic E-state index is 12.5. The second-order valence-corrected chi connectivity index (χ2v) is 7.23. The summed E-state index contributed by atoms with van der Waals surface area (Å²) in [5, 5.41) is 0. The minimum Gasteiger partial charge on any atom is -0.454 e. The van der Waals surface area contributed by atoms with Gasteiger partial charge in [0.15, 0.2) is 0 Å². The van der Waals surface area contributed by atoms with E-state index < -0.39 is 16.0 Å². The van der Waals surface area contributed by atoms with E-state index in [1.165, 1.54) is 4.31 Å². The molecule has 1 aromatic rings. The van der Waals surface area contributed by atoms with Crippen molar-refractivity contribution in [1.29, 1.82) is 0 Å². The van der Waals surface area contributed by atoms with E-state index in [-0.39, 0.29) is 11.0 Å². The molecule has 0 N–H and O–H groups in total. The predicted octanol–water partition coefficient (Wildman–Crippen LogP) is 1.25. The van der Waals surface area contributed by atoms with Crippen LogP contribution < -0.4 is 0 Å². The van der Waals surface area contributed by atoms with Crippen LogP contribution in [0.25, 0.3) is 0 Å². The molecule has 2 aliphatic rings. The SMILES string of the molecule is C=C1C[C@H](c2ccc(S(=O)(=O)N3CCOCC3)cc2)OC1=O. The predicted molar refractivity (Wildman–Crippen MR) is 78.6 cm³/mol. The van der Waals surface area contributed by atoms with E-state index in [2.05, 4.69) is 6.58 Å². The van der Waals surface area contributed by atoms with Gasteiger partial charge in [0, 0.05) is 25.1 Å². The van der Waals surface area contributed by atoms with Gasteiger partial charge >= 0.3 is 5.97 Å². The van der Waals surface area contributed by atoms with Crippen molar-refractivity contribution in [2.75, 3.05) is 26.3 Å². The fourth-order valence-corrected chi connectivity index (χ4v) is 3.95. The summed E-state index contributed by atoms with van der Waals surface area (Å²) in [5.74, 6) is -0.394. The molecule has 1 atom stereocenters. The second-order valence-electron chi connectivity index (χ2n) is 5.29. The third-order valence-corrected chi connectivity index (χ3v) is 5.74. The number of cyclic esters (lactones) is 1. The summed E-state index contributed by atoms with van der Waals surface area (Å²) in [6.07, 6.45) is 0.0640. The van der Waals surface area contributed by atoms with Gasteiger partial charge in [0.1, 0.15) is 6.10 Å². The summed E-state index contributed by atoms with van der Waals surface area (Å²) in [4.78, 5) is 11.6. The van der Waals surface area contributed by atoms with Gasteiger partial charge in [0.2, 0.25) is 10.0 Å². The molecule has 2 saturated heterocycles. The number of morpholine rings is 1. The van der Waals surface area contributed by atoms with E-state index in [1.807, 2.05) is 0 Å². The van der Waals surface area contributed by atoms with Crippen LogP contribution in [0.4, 0.5) is 0 Å². The van der Waals surface area contributed by atoms with Gasteiger partial charge in [-0.15, -0.1) is 0 Å². The second kappa shape index (κ2) is 5.83. The highest BCUT2D eigenvalue weighted by Crippen LogP contribution is 2.32. The maximum atomic E-state index is 12.5. The molecular weight excluding hydrogens is 306 g/mol. The first-order chi connectivity index (χ1) is 10.5. The van der Waals surface area contributed by atoms with E-state index in [4.69, 9.17) is 9.47 Å². The van der Waals surface area contributed by atoms with Gasteiger partial charge in [-0.3, -0.25) is 0 Å². The Morgan fingerprint density at radius 3 is 2.32 bits per heavy atom. The highest BCUT2D eigenvalue weighted by molar-refractivity contribution is 7.89. The van der Waals surface area contributed by atoms with Crippen LogP contribution in [0.3, 0.4) is 0 Å². The molecule has 2 heterocycles. The summed E-state index contributed by atoms with van der Waals surface area (Å²) in [6.45, 7) is 5.20. The molecule has 6 nitrogen and oxygen atoms in total. The van der Waals surface area contributed by atoms with Gasteiger partial charge in [0.25, 0.3) is 0 Å². The number of hydrogen-bond donors (Lipinski definition) is 0. The topological polar surface area (TPSA) is 72.9 Å². The van der Waals surface area contributed by atoms with Crippen molar-refractivity contribution in [2.45, 2.75) is 17.4 Å². The summed E-state index contributed by atoms with van der Waals surface area (Å²) in [7, 11) is -3.50. The molecule has 0 amide bonds. The normalized spacial score (nSPS) is 23.5. The smallest absolute Gasteiger partial charge is 0.334 e. The molecular formula is C15H17NO5S. The molecule has 3 rings (SSSR count). The molecule has 2 fully saturated rings. The molecule has 22 heavy (non-hydrogen) atoms. The fraction of sp³-hybridized carbons (Fsp3) is 0.400. The monoisotopic (exact) mass is 323 g/mol. The Balaban J connectivity index is 1.79. The molecule has 0 radical (unpaired) electrons. The van der Waals surface area contributed by atoms with Crippen LogP contribution in [0.15, 0.2) is 41.3 Å². The number of benzene rings is 1. The molecule has 0 unspecified atom stereocenters. The van der Waals surface area contributed by atoms with Gasteiger partial charge in [-0.25, -0.2) is 13.2 Å². The Morgan fingerprint density at radius 1 is 1.14 bits per heavy atom. The van der Waals surface area contributed by atoms with Gasteiger partial charge in [0.05, 0.1) is 18.1 Å². The third-order valence-electron chi connectivity index (χ3n) is 3.83. The number of esters is 1. The Kier molecular flexibility index (Phi) is 4.03. The van der Waals surface area contributed by atoms with Crippen LogP contribution in [0.2, 0.25) is 0 Å². The lowest BCUT2D eigenvalue weighted by Crippen LogP contribution is -2.40. The zero-order valence-corrected chi connectivity index (χ0v) is 12.8. The minimum atomic E-state index is -3.50. The zero-order valence-electron chi connectivity index (χ0n) is 12.0. The zero-order chi connectivity index (χ0) is 15.7. The molecule has 118 valence electrons. The first-order valence-corrected chi connectivity index (χ1v) is 8.49. The van der Waals surface area contributed by atoms with Crippen LogP contribution >= 0.6 is 0 Å². The van der Waals surface area contributed by atoms with Crippen molar-refractivity contribution in [3.05, 3.63) is 42.0 Å². The van der Waals surface area contributed by atoms with Crippen molar-refractivity contribution in [3.8, 4) is 0 Å². The minimum absolute atomic E-state index is 0.237. The first kappa shape index (κ1) is 15.2. The van der Waals surface area contributed by atoms with Crippen molar-refractivity contribution < 1.29 is 22.7 Å². The molecule has 0 saturated carbocycles. The average Bonchev–Trinajstić information content (AvgIpc) is 2.88. The summed E-state index contributed by atoms with van der Waals surface area (Å²) < 4.78 is 36.8. The average molecular weight is 323 g/mol. The van der Waals surface area contributed by atoms with E-state index in [0.717, 1.165) is 5.56 Å². The van der Waals surface area contributed by atoms with Crippen molar-refractivity contribution in [3.63, 3.8) is 0 Å². The molecule has 2 aliphatic heterocycles. The van der Waals surface area contributed by atoms with Crippen molar-refractivity contribution in [2.24, 2.45) is 0 Å². The first-order valence-electron chi connectivity index (χ1n) is 7.05. The quantitative estimate of drug-likeness (QED) is 0.618. The van der Waals surface area contributed by atoms with E-state index in [1.54, 1.807) is 24.3 Å².